The van der Waals surface area contributed by atoms with Gasteiger partial charge < -0.3 is 4.90 Å². The third-order valence-corrected chi connectivity index (χ3v) is 5.56. The topological polar surface area (TPSA) is 46.3 Å². The fourth-order valence-electron chi connectivity index (χ4n) is 4.56. The summed E-state index contributed by atoms with van der Waals surface area (Å²) >= 11 is 0. The van der Waals surface area contributed by atoms with E-state index in [-0.39, 0.29) is 0 Å². The second kappa shape index (κ2) is 4.78. The molecule has 3 heterocycles. The summed E-state index contributed by atoms with van der Waals surface area (Å²) in [5, 5.41) is 8.31. The van der Waals surface area contributed by atoms with Gasteiger partial charge in [0.1, 0.15) is 6.33 Å². The van der Waals surface area contributed by atoms with E-state index in [1.165, 1.54) is 31.2 Å². The summed E-state index contributed by atoms with van der Waals surface area (Å²) in [4.78, 5) is 7.06. The molecular weight excluding hydrogens is 286 g/mol. The van der Waals surface area contributed by atoms with Gasteiger partial charge in [-0.3, -0.25) is 4.40 Å². The van der Waals surface area contributed by atoms with E-state index in [1.54, 1.807) is 6.33 Å². The van der Waals surface area contributed by atoms with Crippen LogP contribution >= 0.6 is 0 Å². The molecule has 1 atom stereocenters. The zero-order valence-corrected chi connectivity index (χ0v) is 13.0. The predicted octanol–water partition coefficient (Wildman–Crippen LogP) is 3.25. The quantitative estimate of drug-likeness (QED) is 0.729. The van der Waals surface area contributed by atoms with E-state index in [0.29, 0.717) is 11.5 Å². The van der Waals surface area contributed by atoms with E-state index in [0.717, 1.165) is 18.0 Å². The Bertz CT molecular complexity index is 835. The fraction of sp³-hybridized carbons (Fsp3) is 0.389. The van der Waals surface area contributed by atoms with E-state index < -0.39 is 0 Å². The normalized spacial score (nSPS) is 22.6. The van der Waals surface area contributed by atoms with Crippen LogP contribution in [0.4, 0.5) is 5.82 Å². The van der Waals surface area contributed by atoms with Crippen molar-refractivity contribution in [1.29, 1.82) is 0 Å². The van der Waals surface area contributed by atoms with Crippen molar-refractivity contribution in [3.63, 3.8) is 0 Å². The minimum absolute atomic E-state index is 0.404. The number of hydrogen-bond acceptors (Lipinski definition) is 4. The minimum Gasteiger partial charge on any atom is -0.345 e. The lowest BCUT2D eigenvalue weighted by molar-refractivity contribution is 0.135. The minimum atomic E-state index is 0.404. The van der Waals surface area contributed by atoms with E-state index in [2.05, 4.69) is 50.4 Å². The lowest BCUT2D eigenvalue weighted by Gasteiger charge is -2.57. The Morgan fingerprint density at radius 1 is 1.09 bits per heavy atom. The molecule has 116 valence electrons. The molecule has 5 heteroatoms. The molecule has 1 saturated carbocycles. The third-order valence-electron chi connectivity index (χ3n) is 5.56. The first-order chi connectivity index (χ1) is 11.4. The molecule has 2 aliphatic rings. The molecule has 0 radical (unpaired) electrons. The average Bonchev–Trinajstić information content (AvgIpc) is 3.24. The summed E-state index contributed by atoms with van der Waals surface area (Å²) in [5.74, 6) is 0.955. The van der Waals surface area contributed by atoms with Gasteiger partial charge in [0.25, 0.3) is 0 Å². The van der Waals surface area contributed by atoms with Crippen LogP contribution in [0, 0.1) is 5.41 Å². The zero-order valence-electron chi connectivity index (χ0n) is 13.0. The van der Waals surface area contributed by atoms with Crippen LogP contribution in [-0.4, -0.2) is 26.1 Å². The van der Waals surface area contributed by atoms with Crippen LogP contribution in [-0.2, 0) is 0 Å². The van der Waals surface area contributed by atoms with Crippen molar-refractivity contribution in [1.82, 2.24) is 19.6 Å². The van der Waals surface area contributed by atoms with E-state index >= 15 is 0 Å². The SMILES string of the molecule is c1ccc(C2N(c3nccn4cnnc34)CC23CCCC3)cc1. The van der Waals surface area contributed by atoms with Gasteiger partial charge >= 0.3 is 0 Å². The molecule has 0 amide bonds. The van der Waals surface area contributed by atoms with Crippen molar-refractivity contribution >= 4 is 11.5 Å². The summed E-state index contributed by atoms with van der Waals surface area (Å²) in [5.41, 5.74) is 2.65. The Kier molecular flexibility index (Phi) is 2.71. The molecular formula is C18H19N5. The number of nitrogens with zero attached hydrogens (tertiary/aromatic N) is 5. The van der Waals surface area contributed by atoms with Crippen molar-refractivity contribution in [2.24, 2.45) is 5.41 Å². The van der Waals surface area contributed by atoms with Crippen LogP contribution in [0.3, 0.4) is 0 Å². The predicted molar refractivity (Wildman–Crippen MR) is 88.2 cm³/mol. The summed E-state index contributed by atoms with van der Waals surface area (Å²) in [7, 11) is 0. The number of hydrogen-bond donors (Lipinski definition) is 0. The van der Waals surface area contributed by atoms with Crippen molar-refractivity contribution in [3.8, 4) is 0 Å². The summed E-state index contributed by atoms with van der Waals surface area (Å²) in [6, 6.07) is 11.3. The van der Waals surface area contributed by atoms with Crippen molar-refractivity contribution in [3.05, 3.63) is 54.6 Å². The van der Waals surface area contributed by atoms with Crippen molar-refractivity contribution < 1.29 is 0 Å². The summed E-state index contributed by atoms with van der Waals surface area (Å²) in [6.07, 6.45) is 10.8. The Morgan fingerprint density at radius 3 is 2.74 bits per heavy atom. The van der Waals surface area contributed by atoms with Crippen LogP contribution in [0.15, 0.2) is 49.1 Å². The maximum atomic E-state index is 4.63. The van der Waals surface area contributed by atoms with E-state index in [4.69, 9.17) is 0 Å². The monoisotopic (exact) mass is 305 g/mol. The molecule has 1 spiro atoms. The molecule has 3 aromatic rings. The highest BCUT2D eigenvalue weighted by molar-refractivity contribution is 5.66. The van der Waals surface area contributed by atoms with Crippen molar-refractivity contribution in [2.75, 3.05) is 11.4 Å². The first-order valence-electron chi connectivity index (χ1n) is 8.33. The maximum absolute atomic E-state index is 4.63. The fourth-order valence-corrected chi connectivity index (χ4v) is 4.56. The summed E-state index contributed by atoms with van der Waals surface area (Å²) in [6.45, 7) is 1.08. The van der Waals surface area contributed by atoms with Crippen LogP contribution in [0.25, 0.3) is 5.65 Å². The van der Waals surface area contributed by atoms with Gasteiger partial charge in [0, 0.05) is 24.4 Å². The maximum Gasteiger partial charge on any atom is 0.203 e. The lowest BCUT2D eigenvalue weighted by atomic mass is 9.67. The second-order valence-electron chi connectivity index (χ2n) is 6.82. The number of fused-ring (bicyclic) bond motifs is 1. The number of rotatable bonds is 2. The molecule has 5 rings (SSSR count). The van der Waals surface area contributed by atoms with E-state index in [9.17, 15) is 0 Å². The zero-order chi connectivity index (χ0) is 15.3. The van der Waals surface area contributed by atoms with Gasteiger partial charge in [-0.05, 0) is 18.4 Å². The molecule has 1 aliphatic heterocycles. The molecule has 5 nitrogen and oxygen atoms in total. The lowest BCUT2D eigenvalue weighted by Crippen LogP contribution is -2.58. The van der Waals surface area contributed by atoms with Crippen LogP contribution < -0.4 is 4.90 Å². The molecule has 2 aromatic heterocycles. The van der Waals surface area contributed by atoms with E-state index in [1.807, 2.05) is 16.8 Å². The smallest absolute Gasteiger partial charge is 0.203 e. The Morgan fingerprint density at radius 2 is 1.91 bits per heavy atom. The third kappa shape index (κ3) is 1.82. The standard InChI is InChI=1S/C18H19N5/c1-2-6-14(7-3-1)15-18(8-4-5-9-18)12-23(15)16-17-21-20-13-22(17)11-10-19-16/h1-3,6-7,10-11,13,15H,4-5,8-9,12H2. The summed E-state index contributed by atoms with van der Waals surface area (Å²) < 4.78 is 1.95. The van der Waals surface area contributed by atoms with Crippen molar-refractivity contribution in [2.45, 2.75) is 31.7 Å². The molecule has 1 aliphatic carbocycles. The Balaban J connectivity index is 1.62. The first kappa shape index (κ1) is 13.0. The molecule has 0 bridgehead atoms. The van der Waals surface area contributed by atoms with Gasteiger partial charge in [0.05, 0.1) is 6.04 Å². The van der Waals surface area contributed by atoms with Crippen LogP contribution in [0.5, 0.6) is 0 Å². The van der Waals surface area contributed by atoms with Gasteiger partial charge in [-0.25, -0.2) is 4.98 Å². The second-order valence-corrected chi connectivity index (χ2v) is 6.82. The van der Waals surface area contributed by atoms with Gasteiger partial charge in [0.15, 0.2) is 5.82 Å². The molecule has 1 saturated heterocycles. The molecule has 23 heavy (non-hydrogen) atoms. The number of benzene rings is 1. The largest absolute Gasteiger partial charge is 0.345 e. The van der Waals surface area contributed by atoms with Gasteiger partial charge in [-0.2, -0.15) is 0 Å². The Labute approximate surface area is 135 Å². The highest BCUT2D eigenvalue weighted by Gasteiger charge is 2.55. The van der Waals surface area contributed by atoms with Crippen LogP contribution in [0.2, 0.25) is 0 Å². The number of anilines is 1. The number of aromatic nitrogens is 4. The highest BCUT2D eigenvalue weighted by Crippen LogP contribution is 2.59. The molecule has 0 N–H and O–H groups in total. The molecule has 1 aromatic carbocycles. The van der Waals surface area contributed by atoms with Gasteiger partial charge in [-0.1, -0.05) is 43.2 Å². The molecule has 2 fully saturated rings. The average molecular weight is 305 g/mol. The first-order valence-corrected chi connectivity index (χ1v) is 8.33. The van der Waals surface area contributed by atoms with Gasteiger partial charge in [0.2, 0.25) is 5.65 Å². The highest BCUT2D eigenvalue weighted by atomic mass is 15.3. The Hall–Kier alpha value is -2.43. The molecule has 1 unspecified atom stereocenters. The van der Waals surface area contributed by atoms with Crippen LogP contribution in [0.1, 0.15) is 37.3 Å². The van der Waals surface area contributed by atoms with Gasteiger partial charge in [-0.15, -0.1) is 10.2 Å².